The maximum atomic E-state index is 12.7. The number of allylic oxidation sites excluding steroid dienone is 2. The molecule has 1 aliphatic rings. The Bertz CT molecular complexity index is 1070. The summed E-state index contributed by atoms with van der Waals surface area (Å²) in [6.45, 7) is 3.73. The second kappa shape index (κ2) is 32.5. The minimum Gasteiger partial charge on any atom is -0.462 e. The van der Waals surface area contributed by atoms with Gasteiger partial charge in [-0.05, 0) is 38.5 Å². The van der Waals surface area contributed by atoms with Crippen LogP contribution < -0.4 is 0 Å². The number of carbonyl (C=O) groups excluding carboxylic acids is 2. The van der Waals surface area contributed by atoms with E-state index in [1.807, 2.05) is 0 Å². The Kier molecular flexibility index (Phi) is 30.3. The van der Waals surface area contributed by atoms with Crippen molar-refractivity contribution in [3.63, 3.8) is 0 Å². The first kappa shape index (κ1) is 50.4. The highest BCUT2D eigenvalue weighted by Crippen LogP contribution is 2.24. The zero-order valence-electron chi connectivity index (χ0n) is 33.6. The highest BCUT2D eigenvalue weighted by atomic mass is 32.2. The van der Waals surface area contributed by atoms with Crippen LogP contribution in [0.15, 0.2) is 12.2 Å². The summed E-state index contributed by atoms with van der Waals surface area (Å²) in [4.78, 5) is 25.3. The number of hydrogen-bond acceptors (Lipinski definition) is 11. The monoisotopic (exact) mass is 793 g/mol. The van der Waals surface area contributed by atoms with Crippen molar-refractivity contribution in [1.29, 1.82) is 0 Å². The van der Waals surface area contributed by atoms with Crippen molar-refractivity contribution in [1.82, 2.24) is 0 Å². The van der Waals surface area contributed by atoms with Crippen LogP contribution in [0.1, 0.15) is 181 Å². The van der Waals surface area contributed by atoms with Gasteiger partial charge in [0.25, 0.3) is 10.1 Å². The maximum absolute atomic E-state index is 12.7. The SMILES string of the molecule is CCCCCCCC/C=C/CCCCCCCC(=O)OC[C@H](CO[C@H]1O[C@H](CS(=O)(=O)O)[C@@H](O)C(O)C1O)OC(=O)CCCCCCCCCCCCC. The predicted molar refractivity (Wildman–Crippen MR) is 210 cm³/mol. The quantitative estimate of drug-likeness (QED) is 0.0211. The number of carbonyl (C=O) groups is 2. The van der Waals surface area contributed by atoms with Gasteiger partial charge in [0, 0.05) is 12.8 Å². The van der Waals surface area contributed by atoms with Gasteiger partial charge in [0.1, 0.15) is 36.8 Å². The van der Waals surface area contributed by atoms with Crippen molar-refractivity contribution >= 4 is 22.1 Å². The minimum atomic E-state index is -4.60. The van der Waals surface area contributed by atoms with Crippen LogP contribution in [0.2, 0.25) is 0 Å². The van der Waals surface area contributed by atoms with E-state index < -0.39 is 71.2 Å². The molecule has 1 saturated heterocycles. The van der Waals surface area contributed by atoms with Gasteiger partial charge in [-0.15, -0.1) is 0 Å². The third-order valence-corrected chi connectivity index (χ3v) is 10.6. The summed E-state index contributed by atoms with van der Waals surface area (Å²) in [5, 5.41) is 30.8. The zero-order valence-corrected chi connectivity index (χ0v) is 34.4. The van der Waals surface area contributed by atoms with E-state index in [1.54, 1.807) is 0 Å². The first-order valence-electron chi connectivity index (χ1n) is 21.2. The fourth-order valence-electron chi connectivity index (χ4n) is 6.49. The van der Waals surface area contributed by atoms with Gasteiger partial charge in [-0.3, -0.25) is 14.1 Å². The largest absolute Gasteiger partial charge is 0.462 e. The van der Waals surface area contributed by atoms with Gasteiger partial charge in [0.2, 0.25) is 0 Å². The Morgan fingerprint density at radius 2 is 1.06 bits per heavy atom. The lowest BCUT2D eigenvalue weighted by Gasteiger charge is -2.40. The molecule has 2 unspecified atom stereocenters. The van der Waals surface area contributed by atoms with Crippen molar-refractivity contribution in [3.8, 4) is 0 Å². The van der Waals surface area contributed by atoms with E-state index in [1.165, 1.54) is 83.5 Å². The van der Waals surface area contributed by atoms with Crippen LogP contribution in [0.3, 0.4) is 0 Å². The second-order valence-electron chi connectivity index (χ2n) is 15.0. The van der Waals surface area contributed by atoms with Gasteiger partial charge in [-0.1, -0.05) is 142 Å². The average molecular weight is 793 g/mol. The number of esters is 2. The van der Waals surface area contributed by atoms with Crippen molar-refractivity contribution in [2.45, 2.75) is 218 Å². The Morgan fingerprint density at radius 3 is 1.54 bits per heavy atom. The first-order chi connectivity index (χ1) is 26.0. The van der Waals surface area contributed by atoms with Crippen LogP contribution in [0.5, 0.6) is 0 Å². The van der Waals surface area contributed by atoms with Gasteiger partial charge in [0.05, 0.1) is 6.61 Å². The summed E-state index contributed by atoms with van der Waals surface area (Å²) >= 11 is 0. The molecule has 0 saturated carbocycles. The van der Waals surface area contributed by atoms with Gasteiger partial charge >= 0.3 is 11.9 Å². The van der Waals surface area contributed by atoms with Crippen molar-refractivity contribution in [2.75, 3.05) is 19.0 Å². The average Bonchev–Trinajstić information content (AvgIpc) is 3.13. The molecule has 12 nitrogen and oxygen atoms in total. The van der Waals surface area contributed by atoms with Crippen LogP contribution in [-0.4, -0.2) is 96.0 Å². The van der Waals surface area contributed by atoms with E-state index in [4.69, 9.17) is 18.9 Å². The van der Waals surface area contributed by atoms with E-state index in [2.05, 4.69) is 26.0 Å². The summed E-state index contributed by atoms with van der Waals surface area (Å²) < 4.78 is 53.9. The van der Waals surface area contributed by atoms with E-state index >= 15 is 0 Å². The molecule has 6 atom stereocenters. The number of unbranched alkanes of at least 4 members (excludes halogenated alkanes) is 21. The van der Waals surface area contributed by atoms with Crippen molar-refractivity contribution in [2.24, 2.45) is 0 Å². The molecule has 0 aromatic rings. The Hall–Kier alpha value is -1.61. The fraction of sp³-hybridized carbons (Fsp3) is 0.902. The fourth-order valence-corrected chi connectivity index (χ4v) is 7.19. The van der Waals surface area contributed by atoms with Crippen LogP contribution in [0.4, 0.5) is 0 Å². The molecule has 0 aliphatic carbocycles. The van der Waals surface area contributed by atoms with Crippen LogP contribution in [-0.2, 0) is 38.7 Å². The highest BCUT2D eigenvalue weighted by molar-refractivity contribution is 7.85. The molecule has 1 rings (SSSR count). The number of aliphatic hydroxyl groups is 3. The smallest absolute Gasteiger partial charge is 0.306 e. The summed E-state index contributed by atoms with van der Waals surface area (Å²) in [6.07, 6.45) is 22.6. The third-order valence-electron chi connectivity index (χ3n) is 9.85. The van der Waals surface area contributed by atoms with Crippen LogP contribution in [0, 0.1) is 0 Å². The van der Waals surface area contributed by atoms with Crippen LogP contribution >= 0.6 is 0 Å². The Morgan fingerprint density at radius 1 is 0.611 bits per heavy atom. The van der Waals surface area contributed by atoms with E-state index in [0.29, 0.717) is 12.8 Å². The molecule has 318 valence electrons. The summed E-state index contributed by atoms with van der Waals surface area (Å²) in [5.74, 6) is -1.99. The normalized spacial score (nSPS) is 21.0. The molecular formula is C41H76O12S. The standard InChI is InChI=1S/C41H76O12S/c1-3-5-7-9-11-13-15-16-17-18-20-21-23-25-27-29-36(42)50-31-34(52-37(43)30-28-26-24-22-19-14-12-10-8-6-4-2)32-51-41-40(46)39(45)38(44)35(53-41)33-54(47,48)49/h16-17,34-35,38-41,44-46H,3-15,18-33H2,1-2H3,(H,47,48,49)/b17-16+/t34-,35-,38-,39?,40?,41+/m1/s1. The lowest BCUT2D eigenvalue weighted by molar-refractivity contribution is -0.297. The molecular weight excluding hydrogens is 717 g/mol. The molecule has 1 aliphatic heterocycles. The number of ether oxygens (including phenoxy) is 4. The molecule has 1 heterocycles. The zero-order chi connectivity index (χ0) is 39.9. The van der Waals surface area contributed by atoms with Gasteiger partial charge in [-0.2, -0.15) is 8.42 Å². The van der Waals surface area contributed by atoms with E-state index in [0.717, 1.165) is 57.8 Å². The minimum absolute atomic E-state index is 0.167. The molecule has 13 heteroatoms. The highest BCUT2D eigenvalue weighted by Gasteiger charge is 2.46. The second-order valence-corrected chi connectivity index (χ2v) is 16.5. The summed E-state index contributed by atoms with van der Waals surface area (Å²) in [5.41, 5.74) is 0. The van der Waals surface area contributed by atoms with Crippen molar-refractivity contribution < 1.29 is 56.8 Å². The number of rotatable bonds is 35. The first-order valence-corrected chi connectivity index (χ1v) is 22.9. The summed E-state index contributed by atoms with van der Waals surface area (Å²) in [6, 6.07) is 0. The molecule has 1 fully saturated rings. The number of hydrogen-bond donors (Lipinski definition) is 4. The van der Waals surface area contributed by atoms with Gasteiger partial charge < -0.3 is 34.3 Å². The molecule has 0 aromatic heterocycles. The van der Waals surface area contributed by atoms with Crippen LogP contribution in [0.25, 0.3) is 0 Å². The molecule has 0 bridgehead atoms. The lowest BCUT2D eigenvalue weighted by atomic mass is 10.00. The Balaban J connectivity index is 2.47. The maximum Gasteiger partial charge on any atom is 0.306 e. The van der Waals surface area contributed by atoms with Gasteiger partial charge in [0.15, 0.2) is 12.4 Å². The van der Waals surface area contributed by atoms with E-state index in [9.17, 15) is 37.9 Å². The molecule has 0 radical (unpaired) electrons. The lowest BCUT2D eigenvalue weighted by Crippen LogP contribution is -2.60. The molecule has 54 heavy (non-hydrogen) atoms. The molecule has 0 amide bonds. The molecule has 4 N–H and O–H groups in total. The summed E-state index contributed by atoms with van der Waals surface area (Å²) in [7, 11) is -4.60. The topological polar surface area (TPSA) is 186 Å². The molecule has 0 spiro atoms. The van der Waals surface area contributed by atoms with E-state index in [-0.39, 0.29) is 19.4 Å². The predicted octanol–water partition coefficient (Wildman–Crippen LogP) is 7.89. The van der Waals surface area contributed by atoms with Gasteiger partial charge in [-0.25, -0.2) is 0 Å². The Labute approximate surface area is 326 Å². The third kappa shape index (κ3) is 27.1. The number of aliphatic hydroxyl groups excluding tert-OH is 3. The molecule has 0 aromatic carbocycles. The van der Waals surface area contributed by atoms with Crippen molar-refractivity contribution in [3.05, 3.63) is 12.2 Å².